The zero-order valence-electron chi connectivity index (χ0n) is 12.1. The Labute approximate surface area is 124 Å². The maximum Gasteiger partial charge on any atom is 0.473 e. The first-order chi connectivity index (χ1) is 9.47. The average Bonchev–Trinajstić information content (AvgIpc) is 2.22. The monoisotopic (exact) mass is 349 g/mol. The van der Waals surface area contributed by atoms with Crippen LogP contribution >= 0.6 is 15.6 Å². The van der Waals surface area contributed by atoms with Gasteiger partial charge < -0.3 is 19.6 Å². The zero-order valence-corrected chi connectivity index (χ0v) is 13.8. The van der Waals surface area contributed by atoms with Crippen LogP contribution in [0.2, 0.25) is 0 Å². The van der Waals surface area contributed by atoms with Crippen LogP contribution < -0.4 is 5.73 Å². The van der Waals surface area contributed by atoms with E-state index in [4.69, 9.17) is 25.3 Å². The van der Waals surface area contributed by atoms with Crippen LogP contribution in [0, 0.1) is 0 Å². The smallest absolute Gasteiger partial charge is 0.303 e. The molecule has 0 fully saturated rings. The Hall–Kier alpha value is 0.180. The van der Waals surface area contributed by atoms with Gasteiger partial charge in [-0.1, -0.05) is 45.4 Å². The third-order valence-electron chi connectivity index (χ3n) is 2.68. The molecule has 9 nitrogen and oxygen atoms in total. The maximum atomic E-state index is 10.8. The van der Waals surface area contributed by atoms with Gasteiger partial charge in [-0.3, -0.25) is 5.73 Å². The summed E-state index contributed by atoms with van der Waals surface area (Å²) in [5.74, 6) is -2.51. The van der Waals surface area contributed by atoms with Crippen molar-refractivity contribution in [2.75, 3.05) is 0 Å². The van der Waals surface area contributed by atoms with Crippen LogP contribution in [0.15, 0.2) is 0 Å². The Kier molecular flexibility index (Phi) is 9.43. The van der Waals surface area contributed by atoms with Crippen molar-refractivity contribution in [1.29, 1.82) is 0 Å². The topological polar surface area (TPSA) is 160 Å². The van der Waals surface area contributed by atoms with E-state index in [9.17, 15) is 9.13 Å². The van der Waals surface area contributed by atoms with Crippen molar-refractivity contribution in [3.63, 3.8) is 0 Å². The van der Waals surface area contributed by atoms with Gasteiger partial charge in [0.1, 0.15) is 0 Å². The Morgan fingerprint density at radius 1 is 0.857 bits per heavy atom. The molecule has 0 saturated heterocycles. The minimum atomic E-state index is -5.04. The minimum Gasteiger partial charge on any atom is -0.303 e. The minimum absolute atomic E-state index is 0.239. The summed E-state index contributed by atoms with van der Waals surface area (Å²) in [4.78, 5) is 34.9. The van der Waals surface area contributed by atoms with E-state index >= 15 is 0 Å². The molecule has 0 rings (SSSR count). The molecule has 21 heavy (non-hydrogen) atoms. The summed E-state index contributed by atoms with van der Waals surface area (Å²) in [5, 5.41) is 0. The lowest BCUT2D eigenvalue weighted by molar-refractivity contribution is -0.140. The number of phosphoric acid groups is 2. The highest BCUT2D eigenvalue weighted by Gasteiger charge is 2.40. The van der Waals surface area contributed by atoms with Crippen molar-refractivity contribution in [3.05, 3.63) is 0 Å². The van der Waals surface area contributed by atoms with Gasteiger partial charge >= 0.3 is 15.6 Å². The highest BCUT2D eigenvalue weighted by Crippen LogP contribution is 2.48. The molecule has 128 valence electrons. The highest BCUT2D eigenvalue weighted by molar-refractivity contribution is 7.47. The molecule has 0 aromatic heterocycles. The SMILES string of the molecule is CCCCCCCCCC(N)(OP(=O)(O)O)OP(=O)(O)O. The summed E-state index contributed by atoms with van der Waals surface area (Å²) in [6.07, 6.45) is 6.09. The molecule has 0 saturated carbocycles. The first-order valence-electron chi connectivity index (χ1n) is 6.79. The van der Waals surface area contributed by atoms with Gasteiger partial charge in [0.05, 0.1) is 0 Å². The first-order valence-corrected chi connectivity index (χ1v) is 9.85. The van der Waals surface area contributed by atoms with Crippen molar-refractivity contribution in [2.24, 2.45) is 5.73 Å². The van der Waals surface area contributed by atoms with Gasteiger partial charge in [-0.15, -0.1) is 0 Å². The second kappa shape index (κ2) is 9.35. The Balaban J connectivity index is 4.29. The third-order valence-corrected chi connectivity index (χ3v) is 3.77. The maximum absolute atomic E-state index is 10.8. The molecular weight excluding hydrogens is 324 g/mol. The third kappa shape index (κ3) is 13.6. The van der Waals surface area contributed by atoms with E-state index in [1.165, 1.54) is 0 Å². The summed E-state index contributed by atoms with van der Waals surface area (Å²) in [6.45, 7) is 2.10. The fraction of sp³-hybridized carbons (Fsp3) is 1.00. The number of unbranched alkanes of at least 4 members (excludes halogenated alkanes) is 6. The van der Waals surface area contributed by atoms with Crippen molar-refractivity contribution < 1.29 is 37.8 Å². The Bertz CT molecular complexity index is 355. The second-order valence-electron chi connectivity index (χ2n) is 4.85. The van der Waals surface area contributed by atoms with E-state index < -0.39 is 21.6 Å². The summed E-state index contributed by atoms with van der Waals surface area (Å²) in [7, 11) is -10.1. The molecule has 11 heteroatoms. The van der Waals surface area contributed by atoms with Crippen LogP contribution in [0.3, 0.4) is 0 Å². The molecule has 0 aliphatic rings. The molecule has 0 radical (unpaired) electrons. The van der Waals surface area contributed by atoms with E-state index in [0.29, 0.717) is 12.8 Å². The largest absolute Gasteiger partial charge is 0.473 e. The zero-order chi connectivity index (χ0) is 16.6. The Morgan fingerprint density at radius 3 is 1.62 bits per heavy atom. The van der Waals surface area contributed by atoms with Gasteiger partial charge in [-0.2, -0.15) is 0 Å². The highest BCUT2D eigenvalue weighted by atomic mass is 31.2. The van der Waals surface area contributed by atoms with E-state index in [2.05, 4.69) is 16.0 Å². The summed E-state index contributed by atoms with van der Waals surface area (Å²) in [5.41, 5.74) is 5.40. The van der Waals surface area contributed by atoms with E-state index in [0.717, 1.165) is 32.1 Å². The van der Waals surface area contributed by atoms with Crippen LogP contribution in [-0.4, -0.2) is 25.5 Å². The van der Waals surface area contributed by atoms with Gasteiger partial charge in [0.2, 0.25) is 5.91 Å². The molecule has 0 aliphatic heterocycles. The lowest BCUT2D eigenvalue weighted by atomic mass is 10.1. The molecule has 0 aliphatic carbocycles. The fourth-order valence-corrected chi connectivity index (χ4v) is 2.96. The number of rotatable bonds is 12. The van der Waals surface area contributed by atoms with Crippen LogP contribution in [0.25, 0.3) is 0 Å². The van der Waals surface area contributed by atoms with Gasteiger partial charge in [0.25, 0.3) is 0 Å². The fourth-order valence-electron chi connectivity index (χ4n) is 1.84. The molecule has 0 heterocycles. The predicted molar refractivity (Wildman–Crippen MR) is 75.8 cm³/mol. The van der Waals surface area contributed by atoms with Crippen molar-refractivity contribution >= 4 is 15.6 Å². The number of phosphoric ester groups is 2. The summed E-state index contributed by atoms with van der Waals surface area (Å²) in [6, 6.07) is 0. The molecule has 0 aromatic rings. The predicted octanol–water partition coefficient (Wildman–Crippen LogP) is 1.96. The molecule has 0 amide bonds. The van der Waals surface area contributed by atoms with Crippen LogP contribution in [0.1, 0.15) is 58.3 Å². The summed E-state index contributed by atoms with van der Waals surface area (Å²) < 4.78 is 30.0. The van der Waals surface area contributed by atoms with Crippen LogP contribution in [0.4, 0.5) is 0 Å². The summed E-state index contributed by atoms with van der Waals surface area (Å²) >= 11 is 0. The normalized spacial score (nSPS) is 13.6. The second-order valence-corrected chi connectivity index (χ2v) is 7.17. The first kappa shape index (κ1) is 21.2. The van der Waals surface area contributed by atoms with Crippen LogP contribution in [0.5, 0.6) is 0 Å². The van der Waals surface area contributed by atoms with E-state index in [1.807, 2.05) is 0 Å². The van der Waals surface area contributed by atoms with E-state index in [1.54, 1.807) is 0 Å². The quantitative estimate of drug-likeness (QED) is 0.201. The van der Waals surface area contributed by atoms with E-state index in [-0.39, 0.29) is 6.42 Å². The van der Waals surface area contributed by atoms with Crippen molar-refractivity contribution in [3.8, 4) is 0 Å². The average molecular weight is 349 g/mol. The van der Waals surface area contributed by atoms with Gasteiger partial charge in [0, 0.05) is 6.42 Å². The van der Waals surface area contributed by atoms with Gasteiger partial charge in [0.15, 0.2) is 0 Å². The molecule has 0 spiro atoms. The van der Waals surface area contributed by atoms with Crippen LogP contribution in [-0.2, 0) is 18.2 Å². The number of hydrogen-bond acceptors (Lipinski definition) is 5. The molecular formula is C10H25NO8P2. The lowest BCUT2D eigenvalue weighted by Crippen LogP contribution is -2.43. The van der Waals surface area contributed by atoms with Crippen molar-refractivity contribution in [2.45, 2.75) is 64.2 Å². The molecule has 0 unspecified atom stereocenters. The standard InChI is InChI=1S/C10H25NO8P2/c1-2-3-4-5-6-7-8-9-10(11,18-20(12,13)14)19-21(15,16)17/h2-9,11H2,1H3,(H2,12,13,14)(H2,15,16,17). The van der Waals surface area contributed by atoms with Gasteiger partial charge in [-0.05, 0) is 6.42 Å². The Morgan fingerprint density at radius 2 is 1.24 bits per heavy atom. The lowest BCUT2D eigenvalue weighted by Gasteiger charge is -2.29. The molecule has 6 N–H and O–H groups in total. The number of hydrogen-bond donors (Lipinski definition) is 5. The molecule has 0 bridgehead atoms. The number of nitrogens with two attached hydrogens (primary N) is 1. The van der Waals surface area contributed by atoms with Gasteiger partial charge in [-0.25, -0.2) is 18.2 Å². The molecule has 0 aromatic carbocycles. The molecule has 0 atom stereocenters. The van der Waals surface area contributed by atoms with Crippen molar-refractivity contribution in [1.82, 2.24) is 0 Å².